The average Bonchev–Trinajstić information content (AvgIpc) is 3.06. The monoisotopic (exact) mass is 370 g/mol. The number of hydrogen-bond donors (Lipinski definition) is 1. The van der Waals surface area contributed by atoms with Crippen molar-refractivity contribution in [1.82, 2.24) is 4.98 Å². The smallest absolute Gasteiger partial charge is 0.233 e. The lowest BCUT2D eigenvalue weighted by atomic mass is 10.1. The topological polar surface area (TPSA) is 72.2 Å². The summed E-state index contributed by atoms with van der Waals surface area (Å²) < 4.78 is 31.9. The molecule has 1 aromatic heterocycles. The maximum Gasteiger partial charge on any atom is 0.233 e. The van der Waals surface area contributed by atoms with E-state index in [0.29, 0.717) is 12.5 Å². The zero-order chi connectivity index (χ0) is 18.7. The number of aromatic nitrogens is 1. The van der Waals surface area contributed by atoms with Crippen LogP contribution >= 0.6 is 0 Å². The minimum absolute atomic E-state index is 0.0834. The van der Waals surface area contributed by atoms with Crippen LogP contribution in [0.25, 0.3) is 11.5 Å². The normalized spacial score (nSPS) is 11.7. The van der Waals surface area contributed by atoms with Crippen molar-refractivity contribution < 1.29 is 12.8 Å². The Balaban J connectivity index is 2.09. The molecule has 0 aliphatic heterocycles. The van der Waals surface area contributed by atoms with Gasteiger partial charge in [-0.3, -0.25) is 0 Å². The third-order valence-electron chi connectivity index (χ3n) is 3.87. The highest BCUT2D eigenvalue weighted by atomic mass is 32.2. The number of sulfone groups is 1. The summed E-state index contributed by atoms with van der Waals surface area (Å²) in [5.74, 6) is 0.791. The van der Waals surface area contributed by atoms with Gasteiger partial charge in [-0.1, -0.05) is 49.7 Å². The van der Waals surface area contributed by atoms with Crippen molar-refractivity contribution >= 4 is 15.7 Å². The summed E-state index contributed by atoms with van der Waals surface area (Å²) in [5, 5.41) is 3.00. The van der Waals surface area contributed by atoms with E-state index in [4.69, 9.17) is 4.42 Å². The van der Waals surface area contributed by atoms with E-state index in [1.54, 1.807) is 30.3 Å². The second kappa shape index (κ2) is 7.33. The number of nitrogens with one attached hydrogen (secondary N) is 1. The number of nitrogens with zero attached hydrogens (tertiary/aromatic N) is 1. The largest absolute Gasteiger partial charge is 0.419 e. The van der Waals surface area contributed by atoms with Crippen LogP contribution in [0.3, 0.4) is 0 Å². The predicted molar refractivity (Wildman–Crippen MR) is 102 cm³/mol. The first kappa shape index (κ1) is 18.2. The lowest BCUT2D eigenvalue weighted by Crippen LogP contribution is -2.11. The molecular formula is C20H22N2O3S. The summed E-state index contributed by atoms with van der Waals surface area (Å²) in [7, 11) is -3.78. The molecule has 0 spiro atoms. The van der Waals surface area contributed by atoms with Gasteiger partial charge in [0.15, 0.2) is 0 Å². The van der Waals surface area contributed by atoms with Crippen molar-refractivity contribution in [2.75, 3.05) is 11.9 Å². The number of aryl methyl sites for hydroxylation is 1. The molecule has 0 unspecified atom stereocenters. The van der Waals surface area contributed by atoms with Gasteiger partial charge in [0.1, 0.15) is 0 Å². The number of rotatable bonds is 6. The first-order valence-corrected chi connectivity index (χ1v) is 9.98. The van der Waals surface area contributed by atoms with Crippen LogP contribution in [0.1, 0.15) is 19.4 Å². The van der Waals surface area contributed by atoms with E-state index in [-0.39, 0.29) is 21.7 Å². The van der Waals surface area contributed by atoms with Crippen molar-refractivity contribution in [2.24, 2.45) is 5.92 Å². The van der Waals surface area contributed by atoms with Gasteiger partial charge in [-0.15, -0.1) is 0 Å². The highest BCUT2D eigenvalue weighted by molar-refractivity contribution is 7.91. The Morgan fingerprint density at radius 1 is 1.04 bits per heavy atom. The Bertz CT molecular complexity index is 976. The molecule has 6 heteroatoms. The van der Waals surface area contributed by atoms with Crippen LogP contribution in [0.5, 0.6) is 0 Å². The predicted octanol–water partition coefficient (Wildman–Crippen LogP) is 4.55. The van der Waals surface area contributed by atoms with Gasteiger partial charge in [-0.2, -0.15) is 4.98 Å². The first-order valence-electron chi connectivity index (χ1n) is 8.50. The van der Waals surface area contributed by atoms with Gasteiger partial charge in [0.05, 0.1) is 4.90 Å². The Hall–Kier alpha value is -2.60. The van der Waals surface area contributed by atoms with Crippen molar-refractivity contribution in [2.45, 2.75) is 30.7 Å². The number of benzene rings is 2. The molecule has 0 aliphatic carbocycles. The maximum atomic E-state index is 13.0. The van der Waals surface area contributed by atoms with Crippen LogP contribution in [-0.2, 0) is 9.84 Å². The van der Waals surface area contributed by atoms with Crippen LogP contribution in [-0.4, -0.2) is 19.9 Å². The molecule has 26 heavy (non-hydrogen) atoms. The average molecular weight is 370 g/mol. The van der Waals surface area contributed by atoms with Crippen LogP contribution in [0.2, 0.25) is 0 Å². The van der Waals surface area contributed by atoms with Gasteiger partial charge in [0.25, 0.3) is 0 Å². The Labute approximate surface area is 154 Å². The highest BCUT2D eigenvalue weighted by Gasteiger charge is 2.28. The molecule has 0 bridgehead atoms. The number of oxazole rings is 1. The van der Waals surface area contributed by atoms with Crippen LogP contribution in [0.4, 0.5) is 5.88 Å². The minimum atomic E-state index is -3.78. The lowest BCUT2D eigenvalue weighted by molar-refractivity contribution is 0.567. The van der Waals surface area contributed by atoms with Gasteiger partial charge in [-0.05, 0) is 37.1 Å². The minimum Gasteiger partial charge on any atom is -0.419 e. The van der Waals surface area contributed by atoms with E-state index < -0.39 is 9.84 Å². The zero-order valence-electron chi connectivity index (χ0n) is 15.1. The summed E-state index contributed by atoms with van der Waals surface area (Å²) in [6.45, 7) is 6.64. The van der Waals surface area contributed by atoms with Gasteiger partial charge >= 0.3 is 0 Å². The van der Waals surface area contributed by atoms with Crippen molar-refractivity contribution in [3.63, 3.8) is 0 Å². The third-order valence-corrected chi connectivity index (χ3v) is 5.55. The van der Waals surface area contributed by atoms with Gasteiger partial charge in [0.2, 0.25) is 26.6 Å². The summed E-state index contributed by atoms with van der Waals surface area (Å²) in [6, 6.07) is 15.9. The van der Waals surface area contributed by atoms with Crippen LogP contribution < -0.4 is 5.32 Å². The zero-order valence-corrected chi connectivity index (χ0v) is 15.9. The molecule has 3 rings (SSSR count). The van der Waals surface area contributed by atoms with Gasteiger partial charge in [0, 0.05) is 12.1 Å². The molecule has 0 fully saturated rings. The molecule has 0 saturated heterocycles. The standard InChI is InChI=1S/C20H22N2O3S/c1-14(2)13-21-19-20(26(23,24)17-7-5-4-6-8-17)22-18(25-19)16-11-9-15(3)10-12-16/h4-12,14,21H,13H2,1-3H3. The van der Waals surface area contributed by atoms with Crippen molar-refractivity contribution in [3.05, 3.63) is 60.2 Å². The summed E-state index contributed by atoms with van der Waals surface area (Å²) >= 11 is 0. The quantitative estimate of drug-likeness (QED) is 0.689. The molecular weight excluding hydrogens is 348 g/mol. The molecule has 0 amide bonds. The number of anilines is 1. The lowest BCUT2D eigenvalue weighted by Gasteiger charge is -2.07. The SMILES string of the molecule is Cc1ccc(-c2nc(S(=O)(=O)c3ccccc3)c(NCC(C)C)o2)cc1. The molecule has 0 aliphatic rings. The Morgan fingerprint density at radius 3 is 2.31 bits per heavy atom. The van der Waals surface area contributed by atoms with E-state index in [1.807, 2.05) is 45.0 Å². The molecule has 0 saturated carbocycles. The second-order valence-electron chi connectivity index (χ2n) is 6.61. The number of hydrogen-bond acceptors (Lipinski definition) is 5. The molecule has 1 N–H and O–H groups in total. The second-order valence-corrected chi connectivity index (χ2v) is 8.48. The van der Waals surface area contributed by atoms with E-state index in [0.717, 1.165) is 11.1 Å². The molecule has 0 radical (unpaired) electrons. The molecule has 0 atom stereocenters. The first-order chi connectivity index (χ1) is 12.4. The molecule has 1 heterocycles. The summed E-state index contributed by atoms with van der Waals surface area (Å²) in [4.78, 5) is 4.51. The molecule has 3 aromatic rings. The fourth-order valence-corrected chi connectivity index (χ4v) is 3.73. The van der Waals surface area contributed by atoms with E-state index >= 15 is 0 Å². The molecule has 136 valence electrons. The summed E-state index contributed by atoms with van der Waals surface area (Å²) in [5.41, 5.74) is 1.84. The fourth-order valence-electron chi connectivity index (χ4n) is 2.43. The Morgan fingerprint density at radius 2 is 1.69 bits per heavy atom. The Kier molecular flexibility index (Phi) is 5.13. The van der Waals surface area contributed by atoms with E-state index in [2.05, 4.69) is 10.3 Å². The van der Waals surface area contributed by atoms with Gasteiger partial charge < -0.3 is 9.73 Å². The van der Waals surface area contributed by atoms with Gasteiger partial charge in [-0.25, -0.2) is 8.42 Å². The molecule has 2 aromatic carbocycles. The van der Waals surface area contributed by atoms with Crippen LogP contribution in [0, 0.1) is 12.8 Å². The van der Waals surface area contributed by atoms with Crippen molar-refractivity contribution in [1.29, 1.82) is 0 Å². The third kappa shape index (κ3) is 3.80. The van der Waals surface area contributed by atoms with E-state index in [1.165, 1.54) is 0 Å². The summed E-state index contributed by atoms with van der Waals surface area (Å²) in [6.07, 6.45) is 0. The van der Waals surface area contributed by atoms with E-state index in [9.17, 15) is 8.42 Å². The fraction of sp³-hybridized carbons (Fsp3) is 0.250. The van der Waals surface area contributed by atoms with Crippen LogP contribution in [0.15, 0.2) is 68.9 Å². The maximum absolute atomic E-state index is 13.0. The van der Waals surface area contributed by atoms with Crippen molar-refractivity contribution in [3.8, 4) is 11.5 Å². The highest BCUT2D eigenvalue weighted by Crippen LogP contribution is 2.32. The molecule has 5 nitrogen and oxygen atoms in total.